The number of carbonyl (C=O) groups excluding carboxylic acids is 1. The van der Waals surface area contributed by atoms with E-state index in [0.717, 1.165) is 0 Å². The third kappa shape index (κ3) is 3.31. The van der Waals surface area contributed by atoms with E-state index in [0.29, 0.717) is 0 Å². The van der Waals surface area contributed by atoms with Gasteiger partial charge in [-0.15, -0.1) is 0 Å². The van der Waals surface area contributed by atoms with E-state index in [1.807, 2.05) is 0 Å². The van der Waals surface area contributed by atoms with Crippen molar-refractivity contribution in [3.63, 3.8) is 0 Å². The van der Waals surface area contributed by atoms with Crippen LogP contribution in [-0.2, 0) is 16.0 Å². The number of nitrogens with one attached hydrogen (secondary N) is 1. The first-order valence-corrected chi connectivity index (χ1v) is 5.27. The predicted molar refractivity (Wildman–Crippen MR) is 60.7 cm³/mol. The summed E-state index contributed by atoms with van der Waals surface area (Å²) in [5.41, 5.74) is -0.0408. The minimum absolute atomic E-state index is 0.0408. The monoisotopic (exact) mass is 279 g/mol. The Kier molecular flexibility index (Phi) is 4.72. The molecule has 0 spiro atoms. The Morgan fingerprint density at radius 1 is 1.47 bits per heavy atom. The molecule has 1 amide bonds. The van der Waals surface area contributed by atoms with Gasteiger partial charge < -0.3 is 10.4 Å². The molecular weight excluding hydrogens is 272 g/mol. The summed E-state index contributed by atoms with van der Waals surface area (Å²) in [6, 6.07) is 1.38. The van der Waals surface area contributed by atoms with Crippen LogP contribution in [0, 0.1) is 5.82 Å². The van der Waals surface area contributed by atoms with Crippen molar-refractivity contribution in [2.75, 3.05) is 0 Å². The fourth-order valence-corrected chi connectivity index (χ4v) is 1.66. The smallest absolute Gasteiger partial charge is 0.326 e. The topological polar surface area (TPSA) is 66.4 Å². The second-order valence-electron chi connectivity index (χ2n) is 3.20. The summed E-state index contributed by atoms with van der Waals surface area (Å²) in [4.78, 5) is 21.0. The lowest BCUT2D eigenvalue weighted by Gasteiger charge is -2.13. The van der Waals surface area contributed by atoms with Crippen LogP contribution < -0.4 is 5.32 Å². The standard InChI is InChI=1S/C10H8Cl2FNO3/c11-6-1-2-7(12)9(13)5(6)3-8(10(16)17)14-4-15/h1-2,4,8H,3H2,(H,14,15)(H,16,17)/t8-/m0/s1. The van der Waals surface area contributed by atoms with Gasteiger partial charge in [-0.1, -0.05) is 23.2 Å². The zero-order valence-electron chi connectivity index (χ0n) is 8.41. The largest absolute Gasteiger partial charge is 0.480 e. The number of benzene rings is 1. The third-order valence-electron chi connectivity index (χ3n) is 2.11. The highest BCUT2D eigenvalue weighted by molar-refractivity contribution is 6.33. The van der Waals surface area contributed by atoms with Crippen molar-refractivity contribution in [2.24, 2.45) is 0 Å². The second kappa shape index (κ2) is 5.84. The Bertz CT molecular complexity index is 453. The Hall–Kier alpha value is -1.33. The van der Waals surface area contributed by atoms with Crippen LogP contribution >= 0.6 is 23.2 Å². The van der Waals surface area contributed by atoms with Gasteiger partial charge in [-0.2, -0.15) is 0 Å². The molecule has 1 aromatic rings. The number of hydrogen-bond acceptors (Lipinski definition) is 2. The summed E-state index contributed by atoms with van der Waals surface area (Å²) >= 11 is 11.3. The molecule has 0 heterocycles. The van der Waals surface area contributed by atoms with Crippen LogP contribution in [-0.4, -0.2) is 23.5 Å². The van der Waals surface area contributed by atoms with E-state index >= 15 is 0 Å². The molecule has 1 rings (SSSR count). The van der Waals surface area contributed by atoms with Crippen LogP contribution in [0.5, 0.6) is 0 Å². The number of hydrogen-bond donors (Lipinski definition) is 2. The highest BCUT2D eigenvalue weighted by Crippen LogP contribution is 2.26. The van der Waals surface area contributed by atoms with Gasteiger partial charge in [-0.25, -0.2) is 9.18 Å². The van der Waals surface area contributed by atoms with Gasteiger partial charge in [-0.05, 0) is 12.1 Å². The molecule has 1 atom stereocenters. The molecule has 0 aliphatic carbocycles. The highest BCUT2D eigenvalue weighted by atomic mass is 35.5. The average Bonchev–Trinajstić information content (AvgIpc) is 2.28. The zero-order chi connectivity index (χ0) is 13.0. The van der Waals surface area contributed by atoms with E-state index in [4.69, 9.17) is 28.3 Å². The van der Waals surface area contributed by atoms with E-state index in [1.165, 1.54) is 12.1 Å². The number of carboxylic acids is 1. The molecule has 0 aliphatic heterocycles. The van der Waals surface area contributed by atoms with Crippen LogP contribution in [0.1, 0.15) is 5.56 Å². The number of aliphatic carboxylic acids is 1. The van der Waals surface area contributed by atoms with Crippen LogP contribution in [0.25, 0.3) is 0 Å². The molecule has 92 valence electrons. The maximum atomic E-state index is 13.6. The molecular formula is C10H8Cl2FNO3. The highest BCUT2D eigenvalue weighted by Gasteiger charge is 2.21. The van der Waals surface area contributed by atoms with Crippen molar-refractivity contribution in [3.8, 4) is 0 Å². The minimum atomic E-state index is -1.28. The molecule has 2 N–H and O–H groups in total. The molecule has 0 saturated carbocycles. The van der Waals surface area contributed by atoms with Crippen molar-refractivity contribution >= 4 is 35.6 Å². The maximum absolute atomic E-state index is 13.6. The quantitative estimate of drug-likeness (QED) is 0.639. The molecule has 1 aromatic carbocycles. The van der Waals surface area contributed by atoms with Crippen LogP contribution in [0.4, 0.5) is 4.39 Å². The molecule has 4 nitrogen and oxygen atoms in total. The summed E-state index contributed by atoms with van der Waals surface area (Å²) in [6.45, 7) is 0. The first-order chi connectivity index (χ1) is 7.97. The fraction of sp³-hybridized carbons (Fsp3) is 0.200. The lowest BCUT2D eigenvalue weighted by molar-refractivity contribution is -0.140. The summed E-state index contributed by atoms with van der Waals surface area (Å²) in [6.07, 6.45) is -0.0472. The average molecular weight is 280 g/mol. The fourth-order valence-electron chi connectivity index (χ4n) is 1.26. The van der Waals surface area contributed by atoms with E-state index < -0.39 is 17.8 Å². The number of rotatable bonds is 5. The number of halogens is 3. The van der Waals surface area contributed by atoms with Crippen molar-refractivity contribution in [2.45, 2.75) is 12.5 Å². The molecule has 7 heteroatoms. The van der Waals surface area contributed by atoms with Gasteiger partial charge in [0.05, 0.1) is 5.02 Å². The van der Waals surface area contributed by atoms with E-state index in [9.17, 15) is 14.0 Å². The molecule has 0 bridgehead atoms. The molecule has 0 aliphatic rings. The lowest BCUT2D eigenvalue weighted by Crippen LogP contribution is -2.37. The van der Waals surface area contributed by atoms with Crippen molar-refractivity contribution in [1.82, 2.24) is 5.32 Å². The van der Waals surface area contributed by atoms with Gasteiger partial charge in [0.2, 0.25) is 6.41 Å². The first kappa shape index (κ1) is 13.7. The molecule has 0 saturated heterocycles. The van der Waals surface area contributed by atoms with Gasteiger partial charge in [0.25, 0.3) is 0 Å². The summed E-state index contributed by atoms with van der Waals surface area (Å²) in [5, 5.41) is 10.8. The van der Waals surface area contributed by atoms with Crippen LogP contribution in [0.2, 0.25) is 10.0 Å². The third-order valence-corrected chi connectivity index (χ3v) is 2.76. The first-order valence-electron chi connectivity index (χ1n) is 4.52. The van der Waals surface area contributed by atoms with Crippen molar-refractivity contribution < 1.29 is 19.1 Å². The SMILES string of the molecule is O=CN[C@@H](Cc1c(Cl)ccc(Cl)c1F)C(=O)O. The molecule has 17 heavy (non-hydrogen) atoms. The maximum Gasteiger partial charge on any atom is 0.326 e. The molecule has 0 aromatic heterocycles. The summed E-state index contributed by atoms with van der Waals surface area (Å²) < 4.78 is 13.6. The van der Waals surface area contributed by atoms with Crippen LogP contribution in [0.3, 0.4) is 0 Å². The lowest BCUT2D eigenvalue weighted by atomic mass is 10.1. The predicted octanol–water partition coefficient (Wildman–Crippen LogP) is 1.87. The van der Waals surface area contributed by atoms with Gasteiger partial charge in [-0.3, -0.25) is 4.79 Å². The van der Waals surface area contributed by atoms with Gasteiger partial charge >= 0.3 is 5.97 Å². The van der Waals surface area contributed by atoms with Gasteiger partial charge in [0.1, 0.15) is 11.9 Å². The molecule has 0 unspecified atom stereocenters. The summed E-state index contributed by atoms with van der Waals surface area (Å²) in [5.74, 6) is -2.06. The zero-order valence-corrected chi connectivity index (χ0v) is 9.93. The second-order valence-corrected chi connectivity index (χ2v) is 4.02. The van der Waals surface area contributed by atoms with E-state index in [-0.39, 0.29) is 28.4 Å². The number of carboxylic acid groups (broad SMARTS) is 1. The Morgan fingerprint density at radius 3 is 2.59 bits per heavy atom. The molecule has 0 radical (unpaired) electrons. The van der Waals surface area contributed by atoms with E-state index in [2.05, 4.69) is 5.32 Å². The molecule has 0 fully saturated rings. The normalized spacial score (nSPS) is 11.9. The van der Waals surface area contributed by atoms with Crippen LogP contribution in [0.15, 0.2) is 12.1 Å². The van der Waals surface area contributed by atoms with E-state index in [1.54, 1.807) is 0 Å². The number of amides is 1. The van der Waals surface area contributed by atoms with Crippen molar-refractivity contribution in [3.05, 3.63) is 33.6 Å². The Morgan fingerprint density at radius 2 is 2.06 bits per heavy atom. The van der Waals surface area contributed by atoms with Crippen molar-refractivity contribution in [1.29, 1.82) is 0 Å². The Labute approximate surface area is 106 Å². The Balaban J connectivity index is 3.04. The minimum Gasteiger partial charge on any atom is -0.480 e. The van der Waals surface area contributed by atoms with Gasteiger partial charge in [0.15, 0.2) is 0 Å². The summed E-state index contributed by atoms with van der Waals surface area (Å²) in [7, 11) is 0. The number of carbonyl (C=O) groups is 2. The van der Waals surface area contributed by atoms with Gasteiger partial charge in [0, 0.05) is 17.0 Å².